The van der Waals surface area contributed by atoms with Crippen LogP contribution in [-0.2, 0) is 127 Å². The van der Waals surface area contributed by atoms with Crippen molar-refractivity contribution in [2.24, 2.45) is 47.3 Å². The number of amides is 4. The maximum absolute atomic E-state index is 13.2. The first-order chi connectivity index (χ1) is 65.7. The van der Waals surface area contributed by atoms with Crippen LogP contribution < -0.4 is 21.3 Å². The quantitative estimate of drug-likeness (QED) is 0.0423. The molecule has 4 amide bonds. The molecule has 788 valence electrons. The molecule has 42 nitrogen and oxygen atoms in total. The minimum absolute atomic E-state index is 0.0279. The Bertz CT molecular complexity index is 4000. The van der Waals surface area contributed by atoms with Gasteiger partial charge in [0.05, 0.1) is 125 Å². The van der Waals surface area contributed by atoms with Gasteiger partial charge in [-0.2, -0.15) is 0 Å². The van der Waals surface area contributed by atoms with Gasteiger partial charge in [0.1, 0.15) is 110 Å². The smallest absolute Gasteiger partial charge is 0.217 e. The molecule has 138 heavy (non-hydrogen) atoms. The molecule has 50 atom stereocenters. The van der Waals surface area contributed by atoms with Crippen molar-refractivity contribution in [1.82, 2.24) is 21.3 Å². The van der Waals surface area contributed by atoms with Gasteiger partial charge in [-0.25, -0.2) is 0 Å². The molecule has 2 aromatic carbocycles. The summed E-state index contributed by atoms with van der Waals surface area (Å²) in [6.07, 6.45) is -43.8. The maximum Gasteiger partial charge on any atom is 0.217 e. The van der Waals surface area contributed by atoms with Gasteiger partial charge in [-0.05, 0) is 73.3 Å². The zero-order valence-corrected chi connectivity index (χ0v) is 82.2. The van der Waals surface area contributed by atoms with Crippen LogP contribution in [0.15, 0.2) is 60.7 Å². The molecule has 0 bridgehead atoms. The molecule has 10 aliphatic heterocycles. The Morgan fingerprint density at radius 3 is 0.993 bits per heavy atom. The summed E-state index contributed by atoms with van der Waals surface area (Å²) in [6, 6.07) is 16.2. The zero-order valence-electron chi connectivity index (χ0n) is 82.2. The summed E-state index contributed by atoms with van der Waals surface area (Å²) < 4.78 is 128. The summed E-state index contributed by atoms with van der Waals surface area (Å²) in [7, 11) is 0. The molecule has 10 saturated heterocycles. The maximum atomic E-state index is 13.2. The third-order valence-corrected chi connectivity index (χ3v) is 29.3. The highest BCUT2D eigenvalue weighted by Gasteiger charge is 2.60. The van der Waals surface area contributed by atoms with E-state index in [1.807, 2.05) is 130 Å². The van der Waals surface area contributed by atoms with Gasteiger partial charge in [0, 0.05) is 51.4 Å². The van der Waals surface area contributed by atoms with Gasteiger partial charge >= 0.3 is 0 Å². The second-order valence-electron chi connectivity index (χ2n) is 38.8. The highest BCUT2D eigenvalue weighted by molar-refractivity contribution is 5.74. The molecular formula is C96H156N4O38. The lowest BCUT2D eigenvalue weighted by Crippen LogP contribution is -2.67. The molecule has 21 unspecified atom stereocenters. The normalized spacial score (nSPS) is 45.1. The van der Waals surface area contributed by atoms with Crippen LogP contribution in [0, 0.1) is 47.3 Å². The van der Waals surface area contributed by atoms with E-state index in [9.17, 15) is 90.7 Å². The van der Waals surface area contributed by atoms with Crippen molar-refractivity contribution in [3.63, 3.8) is 0 Å². The van der Waals surface area contributed by atoms with Gasteiger partial charge in [-0.1, -0.05) is 158 Å². The first-order valence-electron chi connectivity index (χ1n) is 49.1. The van der Waals surface area contributed by atoms with E-state index in [-0.39, 0.29) is 79.9 Å². The number of nitrogens with one attached hydrogen (secondary N) is 4. The SMILES string of the molecule is CCC1OC(O)C(NC(C)=O)[C@@H](C)[C@@H]1O[C@@H]1OC(CC)[C@@H](O[C@@H]2OC(CO[C@H]3OC(CO)[C@@H](O)C(O)[C@H]3O)[C@@H](O)[C@H](O[C@@H]3OC(CO)[C@H](O)C(O)[C@@H]3O)C2O)[C@H](C)C1NC(C)=O.CCC1O[C@H](OCC2O[C@@H](O[C@@H]3C(CC)O[C@@H](O[C@@H]4C(CC)O[C@@H](OCc5ccccc5)C(NC(C)=O)[C@H]4C)C(NC(C)=O)[C@H]3C)C(OCc3ccccc3)[C@@H](O[C@@H]3OC(CC)[C@H](C)C(C)[C@@H]3O)[C@@H]2O)[C@H](O)C(C)[C@@H]1C. The van der Waals surface area contributed by atoms with Crippen LogP contribution in [0.25, 0.3) is 0 Å². The third-order valence-electron chi connectivity index (χ3n) is 29.3. The summed E-state index contributed by atoms with van der Waals surface area (Å²) in [4.78, 5) is 50.6. The molecule has 2 aromatic rings. The summed E-state index contributed by atoms with van der Waals surface area (Å²) in [5, 5.41) is 164. The predicted octanol–water partition coefficient (Wildman–Crippen LogP) is -0.117. The molecule has 0 aromatic heterocycles. The molecule has 12 rings (SSSR count). The van der Waals surface area contributed by atoms with Crippen LogP contribution >= 0.6 is 0 Å². The molecule has 0 aliphatic carbocycles. The Morgan fingerprint density at radius 2 is 0.558 bits per heavy atom. The van der Waals surface area contributed by atoms with Crippen LogP contribution in [0.3, 0.4) is 0 Å². The Balaban J connectivity index is 0.000000270. The number of hydrogen-bond donors (Lipinski definition) is 18. The number of rotatable bonds is 36. The lowest BCUT2D eigenvalue weighted by molar-refractivity contribution is -0.381. The van der Waals surface area contributed by atoms with Gasteiger partial charge in [0.2, 0.25) is 23.6 Å². The molecule has 18 N–H and O–H groups in total. The lowest BCUT2D eigenvalue weighted by Gasteiger charge is -2.52. The highest BCUT2D eigenvalue weighted by Crippen LogP contribution is 2.45. The lowest BCUT2D eigenvalue weighted by atomic mass is 9.82. The van der Waals surface area contributed by atoms with Gasteiger partial charge in [0.25, 0.3) is 0 Å². The molecule has 0 saturated carbocycles. The van der Waals surface area contributed by atoms with Crippen molar-refractivity contribution < 1.29 is 185 Å². The first-order valence-corrected chi connectivity index (χ1v) is 49.1. The van der Waals surface area contributed by atoms with E-state index in [1.165, 1.54) is 27.7 Å². The summed E-state index contributed by atoms with van der Waals surface area (Å²) in [6.45, 7) is 30.5. The Labute approximate surface area is 806 Å². The summed E-state index contributed by atoms with van der Waals surface area (Å²) >= 11 is 0. The standard InChI is InChI=1S/C58H90N2O16.C38H66N2O22/c1-13-40-30(5)32(7)47(63)56(69-40)68-29-44-49(65)52(76-57-48(64)33(8)31(6)41(14-2)70-57)53(66-27-38-23-19-17-20-24-38)58(73-44)75-51-35(10)46(60-37(12)62)55(72-43(51)16-4)74-50-34(9)45(59-36(11)61)54(71-42(50)15-3)67-28-39-25-21-18-22-26-39;1-7-16-31(12(3)21(34(53)55-16)39-14(5)43)60-35-22(40-15(6)44)13(4)32(17(8-2)56-35)61-38-30(52)33(62-37-29(51)27(49)24(46)19(10-42)58-37)25(47)20(59-38)11-54-36-28(50)26(48)23(45)18(9-41)57-36/h17-26,30-35,40-58,63-65H,13-16,27-29H2,1-12H3,(H,59,61)(H,60,62);12-13,16-38,41-42,45-53H,7-11H2,1-6H3,(H,39,43)(H,40,44)/t30-,31+,32?,33?,34+,35+,40?,41?,42?,43?,44?,45?,46?,47+,48-,49+,50-,51-,52-,53?,54+,55-,56-,57-,58-;12-,13-,16?,17?,18?,19?,20?,21?,22?,23-,24+,25-,26?,27?,28-,29+,30?,31+,32+,33+,34?,35+,36+,37+,38+/m01/s1. The highest BCUT2D eigenvalue weighted by atomic mass is 16.8. The number of ether oxygens (including phenoxy) is 20. The number of aliphatic hydroxyl groups is 14. The van der Waals surface area contributed by atoms with Crippen molar-refractivity contribution in [3.05, 3.63) is 71.8 Å². The Morgan fingerprint density at radius 1 is 0.261 bits per heavy atom. The molecular weight excluding hydrogens is 1820 g/mol. The second kappa shape index (κ2) is 51.8. The van der Waals surface area contributed by atoms with Crippen molar-refractivity contribution in [2.75, 3.05) is 26.4 Å². The fraction of sp³-hybridized carbons (Fsp3) is 0.833. The molecule has 0 radical (unpaired) electrons. The molecule has 10 fully saturated rings. The van der Waals surface area contributed by atoms with Crippen LogP contribution in [0.5, 0.6) is 0 Å². The van der Waals surface area contributed by atoms with Gasteiger partial charge in [-0.15, -0.1) is 0 Å². The average Bonchev–Trinajstić information content (AvgIpc) is 0.762. The van der Waals surface area contributed by atoms with Gasteiger partial charge in [0.15, 0.2) is 62.9 Å². The molecule has 42 heteroatoms. The fourth-order valence-corrected chi connectivity index (χ4v) is 20.5. The minimum Gasteiger partial charge on any atom is -0.394 e. The minimum atomic E-state index is -1.95. The number of aliphatic hydroxyl groups excluding tert-OH is 14. The summed E-state index contributed by atoms with van der Waals surface area (Å²) in [5.74, 6) is -3.69. The van der Waals surface area contributed by atoms with Crippen LogP contribution in [0.4, 0.5) is 0 Å². The molecule has 0 spiro atoms. The van der Waals surface area contributed by atoms with E-state index in [0.717, 1.165) is 11.1 Å². The molecule has 10 aliphatic rings. The number of hydrogen-bond acceptors (Lipinski definition) is 38. The Hall–Kier alpha value is -5.04. The third kappa shape index (κ3) is 26.9. The Kier molecular flexibility index (Phi) is 42.5. The average molecular weight is 1970 g/mol. The predicted molar refractivity (Wildman–Crippen MR) is 482 cm³/mol. The van der Waals surface area contributed by atoms with Gasteiger partial charge < -0.3 is 187 Å². The van der Waals surface area contributed by atoms with Crippen molar-refractivity contribution in [1.29, 1.82) is 0 Å². The van der Waals surface area contributed by atoms with Crippen LogP contribution in [-0.4, -0.2) is 380 Å². The van der Waals surface area contributed by atoms with E-state index in [0.29, 0.717) is 32.1 Å². The molecule has 10 heterocycles. The van der Waals surface area contributed by atoms with E-state index in [2.05, 4.69) is 28.2 Å². The van der Waals surface area contributed by atoms with Crippen molar-refractivity contribution >= 4 is 23.6 Å². The monoisotopic (exact) mass is 1970 g/mol. The fourth-order valence-electron chi connectivity index (χ4n) is 20.5. The van der Waals surface area contributed by atoms with Gasteiger partial charge in [-0.3, -0.25) is 19.2 Å². The van der Waals surface area contributed by atoms with E-state index < -0.39 is 295 Å². The number of carbonyl (C=O) groups is 4. The largest absolute Gasteiger partial charge is 0.394 e. The number of carbonyl (C=O) groups excluding carboxylic acids is 4. The van der Waals surface area contributed by atoms with Crippen LogP contribution in [0.2, 0.25) is 0 Å². The van der Waals surface area contributed by atoms with E-state index in [4.69, 9.17) is 94.7 Å². The summed E-state index contributed by atoms with van der Waals surface area (Å²) in [5.41, 5.74) is 1.80. The second-order valence-corrected chi connectivity index (χ2v) is 38.8. The van der Waals surface area contributed by atoms with Crippen LogP contribution in [0.1, 0.15) is 174 Å². The first kappa shape index (κ1) is 113. The zero-order chi connectivity index (χ0) is 101. The van der Waals surface area contributed by atoms with Crippen molar-refractivity contribution in [3.8, 4) is 0 Å². The number of benzene rings is 2. The van der Waals surface area contributed by atoms with E-state index in [1.54, 1.807) is 20.8 Å². The van der Waals surface area contributed by atoms with Crippen molar-refractivity contribution in [2.45, 2.75) is 434 Å². The van der Waals surface area contributed by atoms with E-state index >= 15 is 0 Å². The topological polar surface area (TPSA) is 584 Å².